The van der Waals surface area contributed by atoms with Crippen molar-refractivity contribution < 1.29 is 19.4 Å². The van der Waals surface area contributed by atoms with E-state index in [1.54, 1.807) is 24.3 Å². The second kappa shape index (κ2) is 6.14. The summed E-state index contributed by atoms with van der Waals surface area (Å²) in [5.74, 6) is -0.689. The lowest BCUT2D eigenvalue weighted by atomic mass is 9.91. The molecule has 26 heavy (non-hydrogen) atoms. The van der Waals surface area contributed by atoms with Gasteiger partial charge in [0.15, 0.2) is 5.43 Å². The van der Waals surface area contributed by atoms with Gasteiger partial charge in [0.25, 0.3) is 0 Å². The smallest absolute Gasteiger partial charge is 0.336 e. The fourth-order valence-electron chi connectivity index (χ4n) is 3.06. The van der Waals surface area contributed by atoms with Crippen LogP contribution in [0, 0.1) is 3.57 Å². The maximum atomic E-state index is 11.8. The Hall–Kier alpha value is -2.87. The summed E-state index contributed by atoms with van der Waals surface area (Å²) in [5, 5.41) is 20.1. The summed E-state index contributed by atoms with van der Waals surface area (Å²) in [5.41, 5.74) is 2.11. The molecule has 2 aromatic carbocycles. The summed E-state index contributed by atoms with van der Waals surface area (Å²) in [7, 11) is 0. The van der Waals surface area contributed by atoms with Crippen LogP contribution in [0.15, 0.2) is 63.8 Å². The van der Waals surface area contributed by atoms with Crippen LogP contribution in [-0.2, 0) is 0 Å². The number of aromatic hydroxyl groups is 1. The lowest BCUT2D eigenvalue weighted by Gasteiger charge is -2.16. The monoisotopic (exact) mass is 458 g/mol. The van der Waals surface area contributed by atoms with E-state index in [4.69, 9.17) is 4.42 Å². The number of benzene rings is 3. The maximum Gasteiger partial charge on any atom is 0.336 e. The predicted molar refractivity (Wildman–Crippen MR) is 106 cm³/mol. The summed E-state index contributed by atoms with van der Waals surface area (Å²) in [6.45, 7) is 0. The number of fused-ring (bicyclic) bond motifs is 2. The van der Waals surface area contributed by atoms with Gasteiger partial charge >= 0.3 is 5.97 Å². The van der Waals surface area contributed by atoms with E-state index in [1.807, 2.05) is 6.07 Å². The van der Waals surface area contributed by atoms with Crippen molar-refractivity contribution in [1.29, 1.82) is 0 Å². The fourth-order valence-corrected chi connectivity index (χ4v) is 3.55. The molecule has 0 atom stereocenters. The number of carbonyl (C=O) groups is 1. The first-order valence-electron chi connectivity index (χ1n) is 7.67. The Morgan fingerprint density at radius 2 is 1.73 bits per heavy atom. The van der Waals surface area contributed by atoms with Gasteiger partial charge in [-0.3, -0.25) is 4.79 Å². The Kier molecular flexibility index (Phi) is 3.91. The molecule has 0 spiro atoms. The summed E-state index contributed by atoms with van der Waals surface area (Å²) < 4.78 is 6.59. The molecule has 5 nitrogen and oxygen atoms in total. The van der Waals surface area contributed by atoms with Crippen molar-refractivity contribution in [3.05, 3.63) is 74.0 Å². The molecule has 0 amide bonds. The minimum Gasteiger partial charge on any atom is -0.508 e. The molecule has 4 rings (SSSR count). The highest BCUT2D eigenvalue weighted by molar-refractivity contribution is 14.1. The molecule has 0 aromatic heterocycles. The topological polar surface area (TPSA) is 87.7 Å². The number of phenols is 1. The second-order valence-corrected chi connectivity index (χ2v) is 7.06. The number of hydrogen-bond acceptors (Lipinski definition) is 4. The van der Waals surface area contributed by atoms with Crippen LogP contribution in [0.1, 0.15) is 10.4 Å². The number of halogens is 1. The third kappa shape index (κ3) is 2.72. The molecule has 1 aliphatic heterocycles. The highest BCUT2D eigenvalue weighted by Gasteiger charge is 2.21. The molecule has 0 unspecified atom stereocenters. The van der Waals surface area contributed by atoms with E-state index >= 15 is 0 Å². The number of rotatable bonds is 2. The summed E-state index contributed by atoms with van der Waals surface area (Å²) in [6.07, 6.45) is 0. The third-order valence-electron chi connectivity index (χ3n) is 4.16. The SMILES string of the molecule is O=C(O)c1cc(I)ccc1-c1c2ccc(=O)cc-2oc2cc(O)ccc12. The van der Waals surface area contributed by atoms with E-state index in [0.717, 1.165) is 3.57 Å². The van der Waals surface area contributed by atoms with Gasteiger partial charge in [0.2, 0.25) is 0 Å². The van der Waals surface area contributed by atoms with Crippen LogP contribution in [0.3, 0.4) is 0 Å². The number of hydrogen-bond donors (Lipinski definition) is 2. The van der Waals surface area contributed by atoms with Gasteiger partial charge in [0.05, 0.1) is 5.56 Å². The van der Waals surface area contributed by atoms with Crippen molar-refractivity contribution in [2.75, 3.05) is 0 Å². The third-order valence-corrected chi connectivity index (χ3v) is 4.83. The molecule has 2 N–H and O–H groups in total. The Labute approximate surface area is 161 Å². The molecule has 0 saturated carbocycles. The van der Waals surface area contributed by atoms with Gasteiger partial charge in [-0.15, -0.1) is 0 Å². The number of aromatic carboxylic acids is 1. The average Bonchev–Trinajstić information content (AvgIpc) is 2.59. The molecule has 6 heteroatoms. The molecule has 128 valence electrons. The Balaban J connectivity index is 2.21. The molecular weight excluding hydrogens is 447 g/mol. The number of carboxylic acid groups (broad SMARTS) is 1. The normalized spacial score (nSPS) is 11.1. The van der Waals surface area contributed by atoms with Gasteiger partial charge in [-0.25, -0.2) is 4.79 Å². The van der Waals surface area contributed by atoms with E-state index in [-0.39, 0.29) is 16.7 Å². The predicted octanol–water partition coefficient (Wildman–Crippen LogP) is 4.57. The van der Waals surface area contributed by atoms with Crippen molar-refractivity contribution in [2.24, 2.45) is 0 Å². The van der Waals surface area contributed by atoms with Gasteiger partial charge < -0.3 is 14.6 Å². The Bertz CT molecular complexity index is 1210. The van der Waals surface area contributed by atoms with Crippen LogP contribution in [-0.4, -0.2) is 16.2 Å². The zero-order valence-corrected chi connectivity index (χ0v) is 15.4. The lowest BCUT2D eigenvalue weighted by molar-refractivity contribution is 0.0697. The molecule has 0 radical (unpaired) electrons. The molecule has 2 aromatic rings. The summed E-state index contributed by atoms with van der Waals surface area (Å²) in [4.78, 5) is 23.6. The highest BCUT2D eigenvalue weighted by Crippen LogP contribution is 2.42. The van der Waals surface area contributed by atoms with Gasteiger partial charge in [-0.05, 0) is 64.6 Å². The van der Waals surface area contributed by atoms with Crippen LogP contribution in [0.2, 0.25) is 0 Å². The van der Waals surface area contributed by atoms with Crippen molar-refractivity contribution >= 4 is 39.5 Å². The van der Waals surface area contributed by atoms with Crippen molar-refractivity contribution in [2.45, 2.75) is 0 Å². The van der Waals surface area contributed by atoms with Crippen LogP contribution in [0.5, 0.6) is 5.75 Å². The van der Waals surface area contributed by atoms with E-state index < -0.39 is 5.97 Å². The van der Waals surface area contributed by atoms with E-state index in [9.17, 15) is 19.8 Å². The molecule has 0 bridgehead atoms. The van der Waals surface area contributed by atoms with E-state index in [0.29, 0.717) is 33.4 Å². The van der Waals surface area contributed by atoms with Gasteiger partial charge in [0, 0.05) is 32.2 Å². The molecule has 1 heterocycles. The quantitative estimate of drug-likeness (QED) is 0.340. The van der Waals surface area contributed by atoms with E-state index in [1.165, 1.54) is 24.3 Å². The van der Waals surface area contributed by atoms with Crippen molar-refractivity contribution in [1.82, 2.24) is 0 Å². The average molecular weight is 458 g/mol. The highest BCUT2D eigenvalue weighted by atomic mass is 127. The molecule has 2 aliphatic rings. The minimum absolute atomic E-state index is 0.0193. The molecule has 1 aliphatic carbocycles. The van der Waals surface area contributed by atoms with Crippen LogP contribution in [0.25, 0.3) is 33.4 Å². The van der Waals surface area contributed by atoms with Crippen molar-refractivity contribution in [3.8, 4) is 28.2 Å². The van der Waals surface area contributed by atoms with Gasteiger partial charge in [-0.2, -0.15) is 0 Å². The maximum absolute atomic E-state index is 11.8. The van der Waals surface area contributed by atoms with Crippen LogP contribution >= 0.6 is 22.6 Å². The first-order chi connectivity index (χ1) is 12.4. The summed E-state index contributed by atoms with van der Waals surface area (Å²) >= 11 is 2.06. The first-order valence-corrected chi connectivity index (χ1v) is 8.75. The Morgan fingerprint density at radius 1 is 0.962 bits per heavy atom. The Morgan fingerprint density at radius 3 is 2.50 bits per heavy atom. The molecule has 0 saturated heterocycles. The zero-order chi connectivity index (χ0) is 18.4. The molecular formula is C20H11IO5. The van der Waals surface area contributed by atoms with Crippen LogP contribution < -0.4 is 5.43 Å². The largest absolute Gasteiger partial charge is 0.508 e. The second-order valence-electron chi connectivity index (χ2n) is 5.81. The summed E-state index contributed by atoms with van der Waals surface area (Å²) in [6, 6.07) is 14.2. The van der Waals surface area contributed by atoms with Crippen molar-refractivity contribution in [3.63, 3.8) is 0 Å². The zero-order valence-electron chi connectivity index (χ0n) is 13.2. The van der Waals surface area contributed by atoms with Gasteiger partial charge in [-0.1, -0.05) is 6.07 Å². The number of phenolic OH excluding ortho intramolecular Hbond substituents is 1. The number of carboxylic acids is 1. The fraction of sp³-hybridized carbons (Fsp3) is 0. The first kappa shape index (κ1) is 16.6. The minimum atomic E-state index is -1.04. The van der Waals surface area contributed by atoms with Crippen LogP contribution in [0.4, 0.5) is 0 Å². The van der Waals surface area contributed by atoms with E-state index in [2.05, 4.69) is 22.6 Å². The molecule has 0 fully saturated rings. The standard InChI is InChI=1S/C20H11IO5/c21-10-1-4-13(16(7-10)20(24)25)19-14-5-2-11(22)8-17(14)26-18-9-12(23)3-6-15(18)19/h1-9,22H,(H,24,25). The van der Waals surface area contributed by atoms with Gasteiger partial charge in [0.1, 0.15) is 17.1 Å². The lowest BCUT2D eigenvalue weighted by Crippen LogP contribution is -2.03.